The minimum atomic E-state index is -1.53. The second kappa shape index (κ2) is 3.43. The van der Waals surface area contributed by atoms with Crippen LogP contribution in [0.25, 0.3) is 0 Å². The molecule has 1 aromatic rings. The molecule has 1 atom stereocenters. The van der Waals surface area contributed by atoms with Gasteiger partial charge < -0.3 is 0 Å². The van der Waals surface area contributed by atoms with Crippen molar-refractivity contribution in [1.82, 2.24) is 0 Å². The summed E-state index contributed by atoms with van der Waals surface area (Å²) < 4.78 is 24.8. The molecule has 12 heavy (non-hydrogen) atoms. The minimum Gasteiger partial charge on any atom is -0.291 e. The smallest absolute Gasteiger partial charge is 0.196 e. The molecule has 0 unspecified atom stereocenters. The first-order valence-electron chi connectivity index (χ1n) is 3.55. The standard InChI is InChI=1S/C9H8F2O/c1-6(10)9(12)7-2-4-8(11)5-3-7/h2-6H,1H3/t6-/m0/s1. The van der Waals surface area contributed by atoms with Crippen LogP contribution in [0, 0.1) is 5.82 Å². The quantitative estimate of drug-likeness (QED) is 0.623. The van der Waals surface area contributed by atoms with Crippen LogP contribution in [0.3, 0.4) is 0 Å². The van der Waals surface area contributed by atoms with Crippen molar-refractivity contribution >= 4 is 5.78 Å². The Morgan fingerprint density at radius 2 is 1.83 bits per heavy atom. The number of carbonyl (C=O) groups is 1. The lowest BCUT2D eigenvalue weighted by molar-refractivity contribution is 0.0893. The van der Waals surface area contributed by atoms with Crippen LogP contribution in [0.2, 0.25) is 0 Å². The van der Waals surface area contributed by atoms with Crippen LogP contribution >= 0.6 is 0 Å². The first-order chi connectivity index (χ1) is 5.61. The molecule has 0 amide bonds. The topological polar surface area (TPSA) is 17.1 Å². The number of hydrogen-bond acceptors (Lipinski definition) is 1. The van der Waals surface area contributed by atoms with Crippen molar-refractivity contribution in [3.8, 4) is 0 Å². The second-order valence-corrected chi connectivity index (χ2v) is 2.49. The number of Topliss-reactive ketones (excluding diaryl/α,β-unsaturated/α-hetero) is 1. The highest BCUT2D eigenvalue weighted by Gasteiger charge is 2.12. The fourth-order valence-corrected chi connectivity index (χ4v) is 0.844. The molecule has 0 bridgehead atoms. The van der Waals surface area contributed by atoms with Crippen molar-refractivity contribution in [3.63, 3.8) is 0 Å². The van der Waals surface area contributed by atoms with Crippen molar-refractivity contribution in [1.29, 1.82) is 0 Å². The zero-order valence-electron chi connectivity index (χ0n) is 6.55. The van der Waals surface area contributed by atoms with Gasteiger partial charge in [0, 0.05) is 5.56 Å². The zero-order chi connectivity index (χ0) is 9.14. The lowest BCUT2D eigenvalue weighted by Gasteiger charge is -1.99. The first-order valence-corrected chi connectivity index (χ1v) is 3.55. The molecule has 0 aliphatic carbocycles. The Kier molecular flexibility index (Phi) is 2.53. The Morgan fingerprint density at radius 1 is 1.33 bits per heavy atom. The molecule has 0 aliphatic rings. The van der Waals surface area contributed by atoms with E-state index in [2.05, 4.69) is 0 Å². The molecule has 0 saturated heterocycles. The average molecular weight is 170 g/mol. The SMILES string of the molecule is C[C@H](F)C(=O)c1ccc(F)cc1. The summed E-state index contributed by atoms with van der Waals surface area (Å²) in [6.45, 7) is 1.16. The van der Waals surface area contributed by atoms with Gasteiger partial charge in [0.1, 0.15) is 5.82 Å². The van der Waals surface area contributed by atoms with E-state index in [-0.39, 0.29) is 5.56 Å². The fourth-order valence-electron chi connectivity index (χ4n) is 0.844. The monoisotopic (exact) mass is 170 g/mol. The molecule has 0 spiro atoms. The number of ketones is 1. The van der Waals surface area contributed by atoms with Crippen molar-refractivity contribution in [2.75, 3.05) is 0 Å². The van der Waals surface area contributed by atoms with E-state index in [1.165, 1.54) is 12.1 Å². The van der Waals surface area contributed by atoms with Crippen LogP contribution in [0.1, 0.15) is 17.3 Å². The van der Waals surface area contributed by atoms with Gasteiger partial charge in [-0.3, -0.25) is 4.79 Å². The summed E-state index contributed by atoms with van der Waals surface area (Å²) in [6.07, 6.45) is -1.53. The lowest BCUT2D eigenvalue weighted by Crippen LogP contribution is -2.11. The van der Waals surface area contributed by atoms with Gasteiger partial charge in [-0.2, -0.15) is 0 Å². The Hall–Kier alpha value is -1.25. The molecule has 0 N–H and O–H groups in total. The maximum atomic E-state index is 12.4. The number of halogens is 2. The third-order valence-electron chi connectivity index (χ3n) is 1.49. The number of hydrogen-bond donors (Lipinski definition) is 0. The average Bonchev–Trinajstić information content (AvgIpc) is 2.04. The van der Waals surface area contributed by atoms with Crippen LogP contribution < -0.4 is 0 Å². The molecule has 0 saturated carbocycles. The van der Waals surface area contributed by atoms with Gasteiger partial charge in [-0.15, -0.1) is 0 Å². The molecular formula is C9H8F2O. The highest BCUT2D eigenvalue weighted by molar-refractivity contribution is 5.99. The number of rotatable bonds is 2. The Morgan fingerprint density at radius 3 is 2.25 bits per heavy atom. The minimum absolute atomic E-state index is 0.200. The van der Waals surface area contributed by atoms with Crippen molar-refractivity contribution in [2.24, 2.45) is 0 Å². The summed E-state index contributed by atoms with van der Waals surface area (Å²) in [6, 6.07) is 4.81. The van der Waals surface area contributed by atoms with Crippen molar-refractivity contribution < 1.29 is 13.6 Å². The maximum Gasteiger partial charge on any atom is 0.196 e. The molecule has 0 fully saturated rings. The molecule has 0 aromatic heterocycles. The molecular weight excluding hydrogens is 162 g/mol. The van der Waals surface area contributed by atoms with E-state index in [1.54, 1.807) is 0 Å². The van der Waals surface area contributed by atoms with Crippen LogP contribution in [0.5, 0.6) is 0 Å². The second-order valence-electron chi connectivity index (χ2n) is 2.49. The molecule has 1 rings (SSSR count). The first kappa shape index (κ1) is 8.84. The number of benzene rings is 1. The van der Waals surface area contributed by atoms with Gasteiger partial charge in [0.2, 0.25) is 0 Å². The predicted octanol–water partition coefficient (Wildman–Crippen LogP) is 2.37. The molecule has 0 radical (unpaired) electrons. The number of carbonyl (C=O) groups excluding carboxylic acids is 1. The predicted molar refractivity (Wildman–Crippen MR) is 41.3 cm³/mol. The normalized spacial score (nSPS) is 12.6. The van der Waals surface area contributed by atoms with Crippen LogP contribution in [-0.4, -0.2) is 12.0 Å². The fraction of sp³-hybridized carbons (Fsp3) is 0.222. The molecule has 3 heteroatoms. The Labute approximate surface area is 69.0 Å². The zero-order valence-corrected chi connectivity index (χ0v) is 6.55. The summed E-state index contributed by atoms with van der Waals surface area (Å²) in [5.41, 5.74) is 0.200. The molecule has 1 aromatic carbocycles. The van der Waals surface area contributed by atoms with E-state index < -0.39 is 17.8 Å². The maximum absolute atomic E-state index is 12.4. The van der Waals surface area contributed by atoms with Gasteiger partial charge in [0.25, 0.3) is 0 Å². The summed E-state index contributed by atoms with van der Waals surface area (Å²) in [5.74, 6) is -1.05. The van der Waals surface area contributed by atoms with E-state index in [0.29, 0.717) is 0 Å². The molecule has 0 aliphatic heterocycles. The number of alkyl halides is 1. The van der Waals surface area contributed by atoms with Gasteiger partial charge in [0.15, 0.2) is 12.0 Å². The largest absolute Gasteiger partial charge is 0.291 e. The van der Waals surface area contributed by atoms with Gasteiger partial charge in [0.05, 0.1) is 0 Å². The van der Waals surface area contributed by atoms with Crippen molar-refractivity contribution in [2.45, 2.75) is 13.1 Å². The lowest BCUT2D eigenvalue weighted by atomic mass is 10.1. The summed E-state index contributed by atoms with van der Waals surface area (Å²) in [5, 5.41) is 0. The summed E-state index contributed by atoms with van der Waals surface area (Å²) >= 11 is 0. The molecule has 64 valence electrons. The van der Waals surface area contributed by atoms with E-state index >= 15 is 0 Å². The molecule has 0 heterocycles. The van der Waals surface area contributed by atoms with Crippen LogP contribution in [0.4, 0.5) is 8.78 Å². The van der Waals surface area contributed by atoms with Gasteiger partial charge >= 0.3 is 0 Å². The van der Waals surface area contributed by atoms with Crippen LogP contribution in [-0.2, 0) is 0 Å². The van der Waals surface area contributed by atoms with Gasteiger partial charge in [-0.05, 0) is 31.2 Å². The third-order valence-corrected chi connectivity index (χ3v) is 1.49. The third kappa shape index (κ3) is 1.87. The summed E-state index contributed by atoms with van der Waals surface area (Å²) in [4.78, 5) is 11.0. The van der Waals surface area contributed by atoms with E-state index in [0.717, 1.165) is 19.1 Å². The summed E-state index contributed by atoms with van der Waals surface area (Å²) in [7, 11) is 0. The van der Waals surface area contributed by atoms with E-state index in [9.17, 15) is 13.6 Å². The Balaban J connectivity index is 2.90. The van der Waals surface area contributed by atoms with Gasteiger partial charge in [-0.1, -0.05) is 0 Å². The molecule has 1 nitrogen and oxygen atoms in total. The highest BCUT2D eigenvalue weighted by Crippen LogP contribution is 2.07. The van der Waals surface area contributed by atoms with E-state index in [1.807, 2.05) is 0 Å². The van der Waals surface area contributed by atoms with Gasteiger partial charge in [-0.25, -0.2) is 8.78 Å². The highest BCUT2D eigenvalue weighted by atomic mass is 19.1. The van der Waals surface area contributed by atoms with Crippen LogP contribution in [0.15, 0.2) is 24.3 Å². The van der Waals surface area contributed by atoms with Crippen molar-refractivity contribution in [3.05, 3.63) is 35.6 Å². The Bertz CT molecular complexity index is 277. The van der Waals surface area contributed by atoms with E-state index in [4.69, 9.17) is 0 Å².